The zero-order chi connectivity index (χ0) is 11.3. The highest BCUT2D eigenvalue weighted by Gasteiger charge is 2.28. The first-order valence-corrected chi connectivity index (χ1v) is 5.83. The predicted molar refractivity (Wildman–Crippen MR) is 62.7 cm³/mol. The topological polar surface area (TPSA) is 32.3 Å². The molecular formula is C12H22N2O. The van der Waals surface area contributed by atoms with Crippen LogP contribution in [0.1, 0.15) is 33.1 Å². The SMILES string of the molecule is CC/C=C(\C)C(=O)N1CCC[C@@H]1CNC. The first-order chi connectivity index (χ1) is 7.20. The lowest BCUT2D eigenvalue weighted by Crippen LogP contribution is -2.41. The van der Waals surface area contributed by atoms with Crippen molar-refractivity contribution in [2.75, 3.05) is 20.1 Å². The fraction of sp³-hybridized carbons (Fsp3) is 0.750. The number of rotatable bonds is 4. The summed E-state index contributed by atoms with van der Waals surface area (Å²) in [5, 5.41) is 3.15. The van der Waals surface area contributed by atoms with Crippen molar-refractivity contribution in [2.45, 2.75) is 39.2 Å². The van der Waals surface area contributed by atoms with Crippen LogP contribution in [-0.4, -0.2) is 37.0 Å². The number of likely N-dealkylation sites (tertiary alicyclic amines) is 1. The Morgan fingerprint density at radius 1 is 1.60 bits per heavy atom. The van der Waals surface area contributed by atoms with Crippen LogP contribution in [-0.2, 0) is 4.79 Å². The van der Waals surface area contributed by atoms with Gasteiger partial charge in [0.05, 0.1) is 0 Å². The predicted octanol–water partition coefficient (Wildman–Crippen LogP) is 1.55. The summed E-state index contributed by atoms with van der Waals surface area (Å²) in [6, 6.07) is 0.391. The van der Waals surface area contributed by atoms with Crippen LogP contribution in [0.2, 0.25) is 0 Å². The van der Waals surface area contributed by atoms with Crippen LogP contribution in [0.25, 0.3) is 0 Å². The summed E-state index contributed by atoms with van der Waals surface area (Å²) in [6.45, 7) is 5.80. The Morgan fingerprint density at radius 2 is 2.33 bits per heavy atom. The van der Waals surface area contributed by atoms with E-state index in [1.165, 1.54) is 0 Å². The minimum Gasteiger partial charge on any atom is -0.335 e. The first-order valence-electron chi connectivity index (χ1n) is 5.83. The highest BCUT2D eigenvalue weighted by atomic mass is 16.2. The monoisotopic (exact) mass is 210 g/mol. The van der Waals surface area contributed by atoms with Gasteiger partial charge in [0.15, 0.2) is 0 Å². The zero-order valence-corrected chi connectivity index (χ0v) is 10.0. The maximum atomic E-state index is 12.1. The molecule has 1 N–H and O–H groups in total. The molecule has 15 heavy (non-hydrogen) atoms. The second kappa shape index (κ2) is 5.91. The van der Waals surface area contributed by atoms with Gasteiger partial charge in [0, 0.05) is 24.7 Å². The highest BCUT2D eigenvalue weighted by molar-refractivity contribution is 5.93. The Hall–Kier alpha value is -0.830. The minimum absolute atomic E-state index is 0.217. The number of hydrogen-bond donors (Lipinski definition) is 1. The van der Waals surface area contributed by atoms with Crippen molar-refractivity contribution in [1.82, 2.24) is 10.2 Å². The molecule has 1 saturated heterocycles. The molecule has 0 unspecified atom stereocenters. The van der Waals surface area contributed by atoms with Crippen molar-refractivity contribution in [3.05, 3.63) is 11.6 Å². The quantitative estimate of drug-likeness (QED) is 0.714. The van der Waals surface area contributed by atoms with Crippen LogP contribution >= 0.6 is 0 Å². The van der Waals surface area contributed by atoms with E-state index in [4.69, 9.17) is 0 Å². The first kappa shape index (κ1) is 12.2. The van der Waals surface area contributed by atoms with E-state index >= 15 is 0 Å². The van der Waals surface area contributed by atoms with Gasteiger partial charge >= 0.3 is 0 Å². The third-order valence-corrected chi connectivity index (χ3v) is 2.93. The van der Waals surface area contributed by atoms with Gasteiger partial charge in [-0.05, 0) is 33.2 Å². The van der Waals surface area contributed by atoms with Crippen LogP contribution in [0.15, 0.2) is 11.6 Å². The van der Waals surface area contributed by atoms with Gasteiger partial charge in [-0.1, -0.05) is 13.0 Å². The Bertz CT molecular complexity index is 248. The van der Waals surface area contributed by atoms with E-state index in [0.717, 1.165) is 37.9 Å². The summed E-state index contributed by atoms with van der Waals surface area (Å²) in [5.41, 5.74) is 0.889. The Kier molecular flexibility index (Phi) is 4.82. The number of carbonyl (C=O) groups is 1. The molecule has 1 aliphatic heterocycles. The summed E-state index contributed by atoms with van der Waals surface area (Å²) in [4.78, 5) is 14.1. The molecule has 0 bridgehead atoms. The van der Waals surface area contributed by atoms with Crippen LogP contribution in [0.5, 0.6) is 0 Å². The number of carbonyl (C=O) groups excluding carboxylic acids is 1. The minimum atomic E-state index is 0.217. The Balaban J connectivity index is 2.62. The molecule has 0 aliphatic carbocycles. The second-order valence-corrected chi connectivity index (χ2v) is 4.15. The van der Waals surface area contributed by atoms with Gasteiger partial charge in [-0.25, -0.2) is 0 Å². The largest absolute Gasteiger partial charge is 0.335 e. The second-order valence-electron chi connectivity index (χ2n) is 4.15. The normalized spacial score (nSPS) is 22.2. The summed E-state index contributed by atoms with van der Waals surface area (Å²) in [7, 11) is 1.94. The fourth-order valence-electron chi connectivity index (χ4n) is 2.17. The number of amides is 1. The molecule has 0 radical (unpaired) electrons. The molecule has 86 valence electrons. The number of likely N-dealkylation sites (N-methyl/N-ethyl adjacent to an activating group) is 1. The molecule has 1 amide bonds. The van der Waals surface area contributed by atoms with Crippen LogP contribution in [0.3, 0.4) is 0 Å². The maximum absolute atomic E-state index is 12.1. The third kappa shape index (κ3) is 3.06. The van der Waals surface area contributed by atoms with Crippen molar-refractivity contribution >= 4 is 5.91 Å². The maximum Gasteiger partial charge on any atom is 0.249 e. The van der Waals surface area contributed by atoms with E-state index in [2.05, 4.69) is 12.2 Å². The van der Waals surface area contributed by atoms with E-state index in [-0.39, 0.29) is 5.91 Å². The summed E-state index contributed by atoms with van der Waals surface area (Å²) in [6.07, 6.45) is 5.21. The van der Waals surface area contributed by atoms with Gasteiger partial charge in [0.2, 0.25) is 5.91 Å². The van der Waals surface area contributed by atoms with Gasteiger partial charge in [-0.15, -0.1) is 0 Å². The summed E-state index contributed by atoms with van der Waals surface area (Å²) >= 11 is 0. The number of nitrogens with zero attached hydrogens (tertiary/aromatic N) is 1. The van der Waals surface area contributed by atoms with E-state index in [0.29, 0.717) is 6.04 Å². The van der Waals surface area contributed by atoms with Crippen molar-refractivity contribution in [3.63, 3.8) is 0 Å². The molecule has 1 heterocycles. The summed E-state index contributed by atoms with van der Waals surface area (Å²) < 4.78 is 0. The molecule has 0 spiro atoms. The van der Waals surface area contributed by atoms with Crippen molar-refractivity contribution in [1.29, 1.82) is 0 Å². The van der Waals surface area contributed by atoms with Crippen molar-refractivity contribution < 1.29 is 4.79 Å². The van der Waals surface area contributed by atoms with Crippen LogP contribution < -0.4 is 5.32 Å². The Morgan fingerprint density at radius 3 is 2.93 bits per heavy atom. The highest BCUT2D eigenvalue weighted by Crippen LogP contribution is 2.19. The lowest BCUT2D eigenvalue weighted by molar-refractivity contribution is -0.127. The molecule has 0 saturated carbocycles. The zero-order valence-electron chi connectivity index (χ0n) is 10.0. The van der Waals surface area contributed by atoms with E-state index in [1.807, 2.05) is 24.9 Å². The van der Waals surface area contributed by atoms with Crippen LogP contribution in [0.4, 0.5) is 0 Å². The van der Waals surface area contributed by atoms with E-state index < -0.39 is 0 Å². The molecule has 3 heteroatoms. The number of hydrogen-bond acceptors (Lipinski definition) is 2. The van der Waals surface area contributed by atoms with Gasteiger partial charge in [-0.3, -0.25) is 4.79 Å². The van der Waals surface area contributed by atoms with Crippen molar-refractivity contribution in [2.24, 2.45) is 0 Å². The average molecular weight is 210 g/mol. The molecular weight excluding hydrogens is 188 g/mol. The van der Waals surface area contributed by atoms with Gasteiger partial charge in [-0.2, -0.15) is 0 Å². The smallest absolute Gasteiger partial charge is 0.249 e. The van der Waals surface area contributed by atoms with Gasteiger partial charge in [0.1, 0.15) is 0 Å². The average Bonchev–Trinajstić information content (AvgIpc) is 2.66. The van der Waals surface area contributed by atoms with E-state index in [9.17, 15) is 4.79 Å². The fourth-order valence-corrected chi connectivity index (χ4v) is 2.17. The molecule has 3 nitrogen and oxygen atoms in total. The van der Waals surface area contributed by atoms with Crippen LogP contribution in [0, 0.1) is 0 Å². The third-order valence-electron chi connectivity index (χ3n) is 2.93. The lowest BCUT2D eigenvalue weighted by atomic mass is 10.2. The Labute approximate surface area is 92.5 Å². The van der Waals surface area contributed by atoms with E-state index in [1.54, 1.807) is 0 Å². The van der Waals surface area contributed by atoms with Gasteiger partial charge < -0.3 is 10.2 Å². The molecule has 1 rings (SSSR count). The molecule has 0 aromatic heterocycles. The number of allylic oxidation sites excluding steroid dienone is 1. The molecule has 1 aliphatic rings. The molecule has 1 fully saturated rings. The summed E-state index contributed by atoms with van der Waals surface area (Å²) in [5.74, 6) is 0.217. The van der Waals surface area contributed by atoms with Crippen molar-refractivity contribution in [3.8, 4) is 0 Å². The van der Waals surface area contributed by atoms with Gasteiger partial charge in [0.25, 0.3) is 0 Å². The molecule has 1 atom stereocenters. The molecule has 0 aromatic carbocycles. The standard InChI is InChI=1S/C12H22N2O/c1-4-6-10(2)12(15)14-8-5-7-11(14)9-13-3/h6,11,13H,4-5,7-9H2,1-3H3/b10-6+/t11-/m1/s1. The lowest BCUT2D eigenvalue weighted by Gasteiger charge is -2.24. The number of nitrogens with one attached hydrogen (secondary N) is 1. The molecule has 0 aromatic rings.